The van der Waals surface area contributed by atoms with Gasteiger partial charge in [0, 0.05) is 22.8 Å². The topological polar surface area (TPSA) is 84.5 Å². The van der Waals surface area contributed by atoms with Gasteiger partial charge in [-0.3, -0.25) is 14.4 Å². The quantitative estimate of drug-likeness (QED) is 0.601. The summed E-state index contributed by atoms with van der Waals surface area (Å²) in [4.78, 5) is 35.9. The van der Waals surface area contributed by atoms with Crippen molar-refractivity contribution >= 4 is 35.1 Å². The number of hydrogen-bond donors (Lipinski definition) is 2. The number of para-hydroxylation sites is 1. The molecule has 154 valence electrons. The maximum Gasteiger partial charge on any atom is 0.308 e. The summed E-state index contributed by atoms with van der Waals surface area (Å²) < 4.78 is 4.99. The standard InChI is InChI=1S/C22H25ClN2O4/c1-3-15(2)18-6-4-5-7-19(18)25-20(26)14-29-21(27)12-13-24-22(28)16-8-10-17(23)11-9-16/h4-11,15H,3,12-14H2,1-2H3,(H,24,28)(H,25,26)/t15-/m0/s1. The van der Waals surface area contributed by atoms with Gasteiger partial charge < -0.3 is 15.4 Å². The van der Waals surface area contributed by atoms with Gasteiger partial charge in [0.2, 0.25) is 0 Å². The summed E-state index contributed by atoms with van der Waals surface area (Å²) in [6, 6.07) is 14.0. The summed E-state index contributed by atoms with van der Waals surface area (Å²) in [7, 11) is 0. The van der Waals surface area contributed by atoms with Crippen molar-refractivity contribution in [3.05, 3.63) is 64.7 Å². The molecule has 0 heterocycles. The lowest BCUT2D eigenvalue weighted by molar-refractivity contribution is -0.147. The first-order chi connectivity index (χ1) is 13.9. The van der Waals surface area contributed by atoms with Gasteiger partial charge >= 0.3 is 5.97 Å². The van der Waals surface area contributed by atoms with Crippen molar-refractivity contribution in [2.75, 3.05) is 18.5 Å². The number of carbonyl (C=O) groups is 3. The van der Waals surface area contributed by atoms with Gasteiger partial charge in [-0.1, -0.05) is 43.6 Å². The van der Waals surface area contributed by atoms with Crippen molar-refractivity contribution in [1.29, 1.82) is 0 Å². The highest BCUT2D eigenvalue weighted by molar-refractivity contribution is 6.30. The fraction of sp³-hybridized carbons (Fsp3) is 0.318. The third-order valence-electron chi connectivity index (χ3n) is 4.46. The number of halogens is 1. The average Bonchev–Trinajstić information content (AvgIpc) is 2.72. The number of esters is 1. The van der Waals surface area contributed by atoms with Crippen LogP contribution in [0.2, 0.25) is 5.02 Å². The summed E-state index contributed by atoms with van der Waals surface area (Å²) in [5, 5.41) is 5.94. The number of ether oxygens (including phenoxy) is 1. The number of hydrogen-bond acceptors (Lipinski definition) is 4. The first-order valence-electron chi connectivity index (χ1n) is 9.48. The van der Waals surface area contributed by atoms with Crippen LogP contribution in [-0.2, 0) is 14.3 Å². The van der Waals surface area contributed by atoms with E-state index in [4.69, 9.17) is 16.3 Å². The summed E-state index contributed by atoms with van der Waals surface area (Å²) >= 11 is 5.78. The summed E-state index contributed by atoms with van der Waals surface area (Å²) in [6.07, 6.45) is 0.916. The molecule has 2 aromatic rings. The van der Waals surface area contributed by atoms with E-state index < -0.39 is 11.9 Å². The molecule has 6 nitrogen and oxygen atoms in total. The zero-order chi connectivity index (χ0) is 21.2. The van der Waals surface area contributed by atoms with Gasteiger partial charge in [0.05, 0.1) is 6.42 Å². The van der Waals surface area contributed by atoms with E-state index in [-0.39, 0.29) is 25.5 Å². The van der Waals surface area contributed by atoms with Crippen LogP contribution in [0.4, 0.5) is 5.69 Å². The Bertz CT molecular complexity index is 852. The second-order valence-corrected chi connectivity index (χ2v) is 7.05. The molecule has 0 aromatic heterocycles. The second kappa shape index (κ2) is 11.2. The number of nitrogens with one attached hydrogen (secondary N) is 2. The van der Waals surface area contributed by atoms with Crippen LogP contribution in [0.1, 0.15) is 48.5 Å². The molecular formula is C22H25ClN2O4. The first kappa shape index (κ1) is 22.4. The Morgan fingerprint density at radius 3 is 2.45 bits per heavy atom. The maximum absolute atomic E-state index is 12.1. The molecule has 0 bridgehead atoms. The average molecular weight is 417 g/mol. The smallest absolute Gasteiger partial charge is 0.308 e. The van der Waals surface area contributed by atoms with E-state index in [9.17, 15) is 14.4 Å². The molecule has 0 saturated carbocycles. The molecule has 0 aliphatic rings. The van der Waals surface area contributed by atoms with Crippen LogP contribution in [0.15, 0.2) is 48.5 Å². The third kappa shape index (κ3) is 7.23. The molecule has 0 radical (unpaired) electrons. The Balaban J connectivity index is 1.73. The lowest BCUT2D eigenvalue weighted by Crippen LogP contribution is -2.27. The number of benzene rings is 2. The SMILES string of the molecule is CC[C@H](C)c1ccccc1NC(=O)COC(=O)CCNC(=O)c1ccc(Cl)cc1. The maximum atomic E-state index is 12.1. The van der Waals surface area contributed by atoms with Gasteiger partial charge in [0.1, 0.15) is 0 Å². The lowest BCUT2D eigenvalue weighted by atomic mass is 9.97. The Hall–Kier alpha value is -2.86. The van der Waals surface area contributed by atoms with Crippen molar-refractivity contribution in [2.24, 2.45) is 0 Å². The van der Waals surface area contributed by atoms with Crippen molar-refractivity contribution in [1.82, 2.24) is 5.32 Å². The summed E-state index contributed by atoms with van der Waals surface area (Å²) in [5.41, 5.74) is 2.21. The number of anilines is 1. The van der Waals surface area contributed by atoms with E-state index in [0.717, 1.165) is 17.7 Å². The molecule has 0 aliphatic carbocycles. The van der Waals surface area contributed by atoms with Gasteiger partial charge in [-0.25, -0.2) is 0 Å². The van der Waals surface area contributed by atoms with Gasteiger partial charge in [0.15, 0.2) is 6.61 Å². The first-order valence-corrected chi connectivity index (χ1v) is 9.86. The van der Waals surface area contributed by atoms with Crippen molar-refractivity contribution in [3.63, 3.8) is 0 Å². The zero-order valence-electron chi connectivity index (χ0n) is 16.5. The monoisotopic (exact) mass is 416 g/mol. The van der Waals surface area contributed by atoms with Crippen LogP contribution in [0, 0.1) is 0 Å². The number of amides is 2. The van der Waals surface area contributed by atoms with Gasteiger partial charge in [-0.15, -0.1) is 0 Å². The Kier molecular flexibility index (Phi) is 8.68. The van der Waals surface area contributed by atoms with Gasteiger partial charge in [0.25, 0.3) is 11.8 Å². The minimum Gasteiger partial charge on any atom is -0.456 e. The normalized spacial score (nSPS) is 11.4. The molecule has 29 heavy (non-hydrogen) atoms. The third-order valence-corrected chi connectivity index (χ3v) is 4.72. The predicted molar refractivity (Wildman–Crippen MR) is 113 cm³/mol. The minimum atomic E-state index is -0.563. The molecule has 0 fully saturated rings. The van der Waals surface area contributed by atoms with Crippen LogP contribution in [-0.4, -0.2) is 30.9 Å². The zero-order valence-corrected chi connectivity index (χ0v) is 17.3. The highest BCUT2D eigenvalue weighted by Crippen LogP contribution is 2.26. The Morgan fingerprint density at radius 1 is 1.07 bits per heavy atom. The van der Waals surface area contributed by atoms with Gasteiger partial charge in [-0.05, 0) is 48.2 Å². The van der Waals surface area contributed by atoms with Crippen molar-refractivity contribution < 1.29 is 19.1 Å². The highest BCUT2D eigenvalue weighted by Gasteiger charge is 2.13. The molecule has 1 atom stereocenters. The van der Waals surface area contributed by atoms with E-state index in [0.29, 0.717) is 16.5 Å². The fourth-order valence-corrected chi connectivity index (χ4v) is 2.77. The predicted octanol–water partition coefficient (Wildman–Crippen LogP) is 4.16. The van der Waals surface area contributed by atoms with Crippen LogP contribution in [0.3, 0.4) is 0 Å². The van der Waals surface area contributed by atoms with Crippen LogP contribution >= 0.6 is 11.6 Å². The van der Waals surface area contributed by atoms with E-state index in [1.807, 2.05) is 24.3 Å². The Morgan fingerprint density at radius 2 is 1.76 bits per heavy atom. The lowest BCUT2D eigenvalue weighted by Gasteiger charge is -2.15. The molecule has 2 aromatic carbocycles. The van der Waals surface area contributed by atoms with E-state index >= 15 is 0 Å². The summed E-state index contributed by atoms with van der Waals surface area (Å²) in [6.45, 7) is 3.90. The summed E-state index contributed by atoms with van der Waals surface area (Å²) in [5.74, 6) is -0.974. The molecule has 0 spiro atoms. The van der Waals surface area contributed by atoms with Crippen molar-refractivity contribution in [2.45, 2.75) is 32.6 Å². The van der Waals surface area contributed by atoms with Crippen LogP contribution in [0.25, 0.3) is 0 Å². The number of rotatable bonds is 9. The highest BCUT2D eigenvalue weighted by atomic mass is 35.5. The number of carbonyl (C=O) groups excluding carboxylic acids is 3. The van der Waals surface area contributed by atoms with Crippen LogP contribution < -0.4 is 10.6 Å². The molecule has 0 unspecified atom stereocenters. The largest absolute Gasteiger partial charge is 0.456 e. The van der Waals surface area contributed by atoms with E-state index in [1.165, 1.54) is 0 Å². The molecule has 0 aliphatic heterocycles. The van der Waals surface area contributed by atoms with Crippen molar-refractivity contribution in [3.8, 4) is 0 Å². The molecule has 2 amide bonds. The fourth-order valence-electron chi connectivity index (χ4n) is 2.65. The molecule has 2 N–H and O–H groups in total. The molecule has 7 heteroatoms. The molecular weight excluding hydrogens is 392 g/mol. The molecule has 0 saturated heterocycles. The molecule has 2 rings (SSSR count). The van der Waals surface area contributed by atoms with E-state index in [2.05, 4.69) is 24.5 Å². The Labute approximate surface area is 175 Å². The van der Waals surface area contributed by atoms with Gasteiger partial charge in [-0.2, -0.15) is 0 Å². The van der Waals surface area contributed by atoms with E-state index in [1.54, 1.807) is 24.3 Å². The van der Waals surface area contributed by atoms with Crippen LogP contribution in [0.5, 0.6) is 0 Å². The minimum absolute atomic E-state index is 0.0317. The second-order valence-electron chi connectivity index (χ2n) is 6.62.